The Balaban J connectivity index is 2.37. The maximum Gasteiger partial charge on any atom is 0.515 e. The maximum absolute atomic E-state index is 8.21. The third kappa shape index (κ3) is 1.95. The molecule has 3 nitrogen and oxygen atoms in total. The Morgan fingerprint density at radius 1 is 1.05 bits per heavy atom. The topological polar surface area (TPSA) is 31.4 Å². The van der Waals surface area contributed by atoms with Crippen molar-refractivity contribution in [3.8, 4) is 0 Å². The van der Waals surface area contributed by atoms with Gasteiger partial charge < -0.3 is 9.31 Å². The Morgan fingerprint density at radius 2 is 1.68 bits per heavy atom. The zero-order valence-electron chi connectivity index (χ0n) is 17.3. The zero-order valence-corrected chi connectivity index (χ0v) is 11.3. The first-order valence-electron chi connectivity index (χ1n) is 9.12. The van der Waals surface area contributed by atoms with Crippen LogP contribution in [0.1, 0.15) is 35.9 Å². The van der Waals surface area contributed by atoms with Crippen LogP contribution in [0.5, 0.6) is 0 Å². The molecular formula is C15H18BNO2. The fourth-order valence-corrected chi connectivity index (χ4v) is 1.92. The smallest absolute Gasteiger partial charge is 0.398 e. The average Bonchev–Trinajstić information content (AvgIpc) is 2.73. The van der Waals surface area contributed by atoms with Gasteiger partial charge in [0.05, 0.1) is 25.0 Å². The molecule has 1 saturated heterocycles. The number of rotatable bonds is 1. The highest BCUT2D eigenvalue weighted by Gasteiger charge is 2.52. The second-order valence-electron chi connectivity index (χ2n) is 5.57. The van der Waals surface area contributed by atoms with Crippen molar-refractivity contribution in [2.45, 2.75) is 38.9 Å². The van der Waals surface area contributed by atoms with Gasteiger partial charge in [0, 0.05) is 6.17 Å². The maximum atomic E-state index is 8.21. The molecule has 2 heterocycles. The van der Waals surface area contributed by atoms with Gasteiger partial charge in [0.25, 0.3) is 0 Å². The van der Waals surface area contributed by atoms with Crippen molar-refractivity contribution in [3.05, 3.63) is 36.4 Å². The van der Waals surface area contributed by atoms with Crippen molar-refractivity contribution >= 4 is 23.5 Å². The van der Waals surface area contributed by atoms with Gasteiger partial charge in [-0.25, -0.2) is 0 Å². The summed E-state index contributed by atoms with van der Waals surface area (Å²) in [5.41, 5.74) is -1.24. The van der Waals surface area contributed by atoms with E-state index in [1.807, 2.05) is 27.7 Å². The molecule has 3 rings (SSSR count). The van der Waals surface area contributed by atoms with E-state index in [2.05, 4.69) is 4.98 Å². The Hall–Kier alpha value is -1.39. The lowest BCUT2D eigenvalue weighted by Crippen LogP contribution is -2.41. The van der Waals surface area contributed by atoms with Crippen LogP contribution in [0.15, 0.2) is 36.4 Å². The summed E-state index contributed by atoms with van der Waals surface area (Å²) in [7, 11) is -0.989. The average molecular weight is 261 g/mol. The summed E-state index contributed by atoms with van der Waals surface area (Å²) in [5.74, 6) is 0. The van der Waals surface area contributed by atoms with Crippen LogP contribution in [-0.2, 0) is 9.31 Å². The number of pyridine rings is 1. The SMILES string of the molecule is [2H]c1nc(B2OC(C)(C)C(C)(C)O2)c2c([2H])c([2H])c([2H])c([2H])c2c1[2H]. The molecule has 1 aliphatic heterocycles. The third-order valence-electron chi connectivity index (χ3n) is 3.78. The summed E-state index contributed by atoms with van der Waals surface area (Å²) in [6.07, 6.45) is -0.387. The fourth-order valence-electron chi connectivity index (χ4n) is 1.92. The number of hydrogen-bond donors (Lipinski definition) is 0. The molecule has 0 aliphatic carbocycles. The molecule has 98 valence electrons. The number of nitrogens with zero attached hydrogens (tertiary/aromatic N) is 1. The van der Waals surface area contributed by atoms with Gasteiger partial charge in [-0.05, 0) is 44.5 Å². The predicted molar refractivity (Wildman–Crippen MR) is 77.5 cm³/mol. The molecule has 4 heteroatoms. The van der Waals surface area contributed by atoms with Gasteiger partial charge in [0.1, 0.15) is 0 Å². The first kappa shape index (κ1) is 7.41. The minimum atomic E-state index is -0.989. The Kier molecular flexibility index (Phi) is 1.58. The summed E-state index contributed by atoms with van der Waals surface area (Å²) in [5, 5.41) is 0.0150. The van der Waals surface area contributed by atoms with Gasteiger partial charge >= 0.3 is 7.12 Å². The highest BCUT2D eigenvalue weighted by molar-refractivity contribution is 6.64. The molecular weight excluding hydrogens is 237 g/mol. The molecule has 0 bridgehead atoms. The lowest BCUT2D eigenvalue weighted by Gasteiger charge is -2.32. The lowest BCUT2D eigenvalue weighted by molar-refractivity contribution is 0.00578. The molecule has 1 aromatic heterocycles. The number of hydrogen-bond acceptors (Lipinski definition) is 3. The molecule has 0 radical (unpaired) electrons. The lowest BCUT2D eigenvalue weighted by atomic mass is 9.81. The van der Waals surface area contributed by atoms with Gasteiger partial charge in [-0.3, -0.25) is 4.98 Å². The van der Waals surface area contributed by atoms with E-state index in [0.29, 0.717) is 0 Å². The molecule has 0 atom stereocenters. The zero-order chi connectivity index (χ0) is 18.9. The monoisotopic (exact) mass is 261 g/mol. The molecule has 19 heavy (non-hydrogen) atoms. The Morgan fingerprint density at radius 3 is 2.37 bits per heavy atom. The highest BCUT2D eigenvalue weighted by Crippen LogP contribution is 2.36. The van der Waals surface area contributed by atoms with Crippen LogP contribution in [0.2, 0.25) is 0 Å². The van der Waals surface area contributed by atoms with Crippen molar-refractivity contribution in [1.29, 1.82) is 0 Å². The van der Waals surface area contributed by atoms with Crippen LogP contribution >= 0.6 is 0 Å². The van der Waals surface area contributed by atoms with Crippen LogP contribution < -0.4 is 5.59 Å². The summed E-state index contributed by atoms with van der Waals surface area (Å²) in [6.45, 7) is 7.41. The number of benzene rings is 1. The number of fused-ring (bicyclic) bond motifs is 1. The van der Waals surface area contributed by atoms with Crippen molar-refractivity contribution in [3.63, 3.8) is 0 Å². The predicted octanol–water partition coefficient (Wildman–Crippen LogP) is 2.53. The molecule has 0 N–H and O–H groups in total. The van der Waals surface area contributed by atoms with Crippen LogP contribution in [0.3, 0.4) is 0 Å². The van der Waals surface area contributed by atoms with Gasteiger partial charge in [0.15, 0.2) is 0 Å². The molecule has 0 saturated carbocycles. The highest BCUT2D eigenvalue weighted by atomic mass is 16.7. The van der Waals surface area contributed by atoms with E-state index in [4.69, 9.17) is 17.5 Å². The molecule has 0 unspecified atom stereocenters. The van der Waals surface area contributed by atoms with Crippen LogP contribution in [-0.4, -0.2) is 23.3 Å². The largest absolute Gasteiger partial charge is 0.515 e. The van der Waals surface area contributed by atoms with E-state index in [1.165, 1.54) is 0 Å². The van der Waals surface area contributed by atoms with Crippen molar-refractivity contribution in [2.24, 2.45) is 0 Å². The van der Waals surface area contributed by atoms with E-state index >= 15 is 0 Å². The van der Waals surface area contributed by atoms with E-state index < -0.39 is 30.4 Å². The van der Waals surface area contributed by atoms with Crippen LogP contribution in [0.4, 0.5) is 0 Å². The van der Waals surface area contributed by atoms with E-state index in [-0.39, 0.29) is 40.7 Å². The molecule has 0 spiro atoms. The van der Waals surface area contributed by atoms with E-state index in [1.54, 1.807) is 0 Å². The fraction of sp³-hybridized carbons (Fsp3) is 0.400. The molecule has 1 fully saturated rings. The second kappa shape index (κ2) is 4.05. The Bertz CT molecular complexity index is 886. The molecule has 2 aromatic rings. The normalized spacial score (nSPS) is 25.4. The van der Waals surface area contributed by atoms with Crippen molar-refractivity contribution in [2.75, 3.05) is 0 Å². The standard InChI is InChI=1S/C15H18BNO2/c1-14(2)15(3,4)19-16(18-14)13-12-8-6-5-7-11(12)9-10-17-13/h5-10H,1-4H3/i5D,6D,7D,8D,9D,10D. The van der Waals surface area contributed by atoms with E-state index in [9.17, 15) is 0 Å². The van der Waals surface area contributed by atoms with Gasteiger partial charge in [0.2, 0.25) is 0 Å². The summed E-state index contributed by atoms with van der Waals surface area (Å²) < 4.78 is 59.9. The van der Waals surface area contributed by atoms with Gasteiger partial charge in [-0.2, -0.15) is 0 Å². The Labute approximate surface area is 122 Å². The number of aromatic nitrogens is 1. The van der Waals surface area contributed by atoms with Crippen molar-refractivity contribution in [1.82, 2.24) is 4.98 Å². The van der Waals surface area contributed by atoms with Crippen LogP contribution in [0.25, 0.3) is 10.8 Å². The summed E-state index contributed by atoms with van der Waals surface area (Å²) in [4.78, 5) is 4.07. The van der Waals surface area contributed by atoms with Gasteiger partial charge in [-0.1, -0.05) is 24.2 Å². The van der Waals surface area contributed by atoms with Crippen LogP contribution in [0, 0.1) is 0 Å². The second-order valence-corrected chi connectivity index (χ2v) is 5.57. The first-order valence-corrected chi connectivity index (χ1v) is 6.12. The van der Waals surface area contributed by atoms with Crippen molar-refractivity contribution < 1.29 is 17.5 Å². The molecule has 0 amide bonds. The molecule has 1 aromatic carbocycles. The third-order valence-corrected chi connectivity index (χ3v) is 3.78. The quantitative estimate of drug-likeness (QED) is 0.739. The summed E-state index contributed by atoms with van der Waals surface area (Å²) in [6, 6.07) is -1.90. The minimum Gasteiger partial charge on any atom is -0.398 e. The van der Waals surface area contributed by atoms with E-state index in [0.717, 1.165) is 0 Å². The first-order chi connectivity index (χ1) is 11.4. The minimum absolute atomic E-state index is 0.0456. The molecule has 1 aliphatic rings. The van der Waals surface area contributed by atoms with Gasteiger partial charge in [-0.15, -0.1) is 0 Å². The summed E-state index contributed by atoms with van der Waals surface area (Å²) >= 11 is 0.